The molecule has 7 nitrogen and oxygen atoms in total. The number of rotatable bonds is 6. The molecule has 0 fully saturated rings. The van der Waals surface area contributed by atoms with Gasteiger partial charge in [-0.05, 0) is 40.0 Å². The van der Waals surface area contributed by atoms with Crippen LogP contribution in [-0.2, 0) is 9.59 Å². The Morgan fingerprint density at radius 2 is 1.44 bits per heavy atom. The second-order valence-electron chi connectivity index (χ2n) is 10.4. The number of aliphatic hydroxyl groups is 1. The smallest absolute Gasteiger partial charge is 0.175 e. The minimum atomic E-state index is -1.43. The molecule has 1 aliphatic carbocycles. The van der Waals surface area contributed by atoms with Crippen LogP contribution in [0.15, 0.2) is 17.4 Å². The third kappa shape index (κ3) is 3.89. The Kier molecular flexibility index (Phi) is 6.57. The number of aromatic hydroxyl groups is 3. The summed E-state index contributed by atoms with van der Waals surface area (Å²) < 4.78 is 0. The molecule has 0 amide bonds. The van der Waals surface area contributed by atoms with Gasteiger partial charge in [0.25, 0.3) is 0 Å². The summed E-state index contributed by atoms with van der Waals surface area (Å²) in [5.41, 5.74) is -3.34. The van der Waals surface area contributed by atoms with E-state index < -0.39 is 63.0 Å². The maximum absolute atomic E-state index is 13.5. The van der Waals surface area contributed by atoms with Crippen molar-refractivity contribution in [2.24, 2.45) is 22.7 Å². The van der Waals surface area contributed by atoms with Gasteiger partial charge in [-0.3, -0.25) is 14.4 Å². The largest absolute Gasteiger partial charge is 0.511 e. The highest BCUT2D eigenvalue weighted by Crippen LogP contribution is 2.52. The summed E-state index contributed by atoms with van der Waals surface area (Å²) in [4.78, 5) is 39.0. The molecule has 176 valence electrons. The lowest BCUT2D eigenvalue weighted by Crippen LogP contribution is -2.49. The summed E-state index contributed by atoms with van der Waals surface area (Å²) in [6.45, 7) is 13.0. The first-order valence-corrected chi connectivity index (χ1v) is 10.8. The lowest BCUT2D eigenvalue weighted by Gasteiger charge is -2.41. The molecule has 0 saturated carbocycles. The van der Waals surface area contributed by atoms with Crippen LogP contribution in [0.3, 0.4) is 0 Å². The van der Waals surface area contributed by atoms with E-state index in [1.54, 1.807) is 13.8 Å². The van der Waals surface area contributed by atoms with E-state index in [-0.39, 0.29) is 29.0 Å². The van der Waals surface area contributed by atoms with Crippen molar-refractivity contribution in [3.63, 3.8) is 0 Å². The average Bonchev–Trinajstić information content (AvgIpc) is 2.65. The van der Waals surface area contributed by atoms with Gasteiger partial charge in [-0.1, -0.05) is 27.7 Å². The van der Waals surface area contributed by atoms with Crippen LogP contribution in [0.5, 0.6) is 17.2 Å². The predicted molar refractivity (Wildman–Crippen MR) is 120 cm³/mol. The Balaban J connectivity index is 2.95. The quantitative estimate of drug-likeness (QED) is 0.365. The van der Waals surface area contributed by atoms with Crippen LogP contribution >= 0.6 is 0 Å². The van der Waals surface area contributed by atoms with E-state index >= 15 is 0 Å². The molecule has 1 aromatic rings. The number of ketones is 3. The van der Waals surface area contributed by atoms with E-state index in [2.05, 4.69) is 0 Å². The van der Waals surface area contributed by atoms with Gasteiger partial charge in [0.15, 0.2) is 17.3 Å². The second kappa shape index (κ2) is 8.26. The van der Waals surface area contributed by atoms with Crippen LogP contribution in [0, 0.1) is 22.7 Å². The van der Waals surface area contributed by atoms with E-state index in [9.17, 15) is 34.8 Å². The molecule has 0 radical (unpaired) electrons. The summed E-state index contributed by atoms with van der Waals surface area (Å²) in [5.74, 6) is -5.30. The lowest BCUT2D eigenvalue weighted by molar-refractivity contribution is -0.144. The van der Waals surface area contributed by atoms with Crippen LogP contribution in [-0.4, -0.2) is 37.8 Å². The Hall–Kier alpha value is -2.83. The Morgan fingerprint density at radius 3 is 1.91 bits per heavy atom. The third-order valence-corrected chi connectivity index (χ3v) is 6.27. The van der Waals surface area contributed by atoms with Crippen molar-refractivity contribution in [1.82, 2.24) is 0 Å². The summed E-state index contributed by atoms with van der Waals surface area (Å²) in [5, 5.41) is 43.1. The number of hydrogen-bond acceptors (Lipinski definition) is 7. The first kappa shape index (κ1) is 25.4. The van der Waals surface area contributed by atoms with Crippen LogP contribution < -0.4 is 0 Å². The minimum absolute atomic E-state index is 0.0474. The van der Waals surface area contributed by atoms with Crippen LogP contribution in [0.4, 0.5) is 0 Å². The van der Waals surface area contributed by atoms with Crippen LogP contribution in [0.25, 0.3) is 0 Å². The Labute approximate surface area is 188 Å². The fraction of sp³-hybridized carbons (Fsp3) is 0.560. The van der Waals surface area contributed by atoms with Gasteiger partial charge < -0.3 is 20.4 Å². The highest BCUT2D eigenvalue weighted by molar-refractivity contribution is 6.19. The lowest BCUT2D eigenvalue weighted by atomic mass is 9.60. The van der Waals surface area contributed by atoms with Gasteiger partial charge in [0.2, 0.25) is 0 Å². The molecule has 1 aromatic carbocycles. The van der Waals surface area contributed by atoms with E-state index in [1.165, 1.54) is 27.7 Å². The number of carbonyl (C=O) groups is 3. The molecule has 32 heavy (non-hydrogen) atoms. The molecule has 1 aliphatic rings. The topological polar surface area (TPSA) is 132 Å². The van der Waals surface area contributed by atoms with Crippen molar-refractivity contribution in [2.75, 3.05) is 0 Å². The highest BCUT2D eigenvalue weighted by Gasteiger charge is 2.55. The average molecular weight is 447 g/mol. The molecule has 0 aliphatic heterocycles. The molecule has 0 bridgehead atoms. The second-order valence-corrected chi connectivity index (χ2v) is 10.4. The molecule has 0 spiro atoms. The maximum atomic E-state index is 13.5. The fourth-order valence-electron chi connectivity index (χ4n) is 4.48. The van der Waals surface area contributed by atoms with Gasteiger partial charge >= 0.3 is 0 Å². The van der Waals surface area contributed by atoms with Gasteiger partial charge in [0.05, 0.1) is 10.8 Å². The number of hydrogen-bond donors (Lipinski definition) is 4. The molecule has 0 saturated heterocycles. The van der Waals surface area contributed by atoms with Crippen molar-refractivity contribution in [1.29, 1.82) is 0 Å². The molecule has 0 unspecified atom stereocenters. The number of aliphatic hydroxyl groups excluding tert-OH is 1. The van der Waals surface area contributed by atoms with Gasteiger partial charge in [0.1, 0.15) is 28.6 Å². The first-order valence-electron chi connectivity index (χ1n) is 10.8. The predicted octanol–water partition coefficient (Wildman–Crippen LogP) is 4.79. The highest BCUT2D eigenvalue weighted by atomic mass is 16.3. The number of Topliss-reactive ketones (excluding diaryl/α,β-unsaturated/α-hetero) is 3. The zero-order valence-electron chi connectivity index (χ0n) is 20.0. The molecular weight excluding hydrogens is 412 g/mol. The molecule has 4 N–H and O–H groups in total. The molecule has 1 atom stereocenters. The van der Waals surface area contributed by atoms with Crippen molar-refractivity contribution in [2.45, 2.75) is 67.7 Å². The SMILES string of the molecule is CC(C)C[C@H](C1=C(O)C(C)(C)C(=O)C(C)(C)C1=O)c1c(O)cc(O)c(C(=O)C(C)C)c1O. The number of phenols is 3. The molecule has 7 heteroatoms. The van der Waals surface area contributed by atoms with Crippen molar-refractivity contribution in [3.8, 4) is 17.2 Å². The van der Waals surface area contributed by atoms with Gasteiger partial charge in [-0.25, -0.2) is 0 Å². The van der Waals surface area contributed by atoms with Gasteiger partial charge in [-0.15, -0.1) is 0 Å². The maximum Gasteiger partial charge on any atom is 0.175 e. The summed E-state index contributed by atoms with van der Waals surface area (Å²) >= 11 is 0. The Bertz CT molecular complexity index is 1010. The van der Waals surface area contributed by atoms with Crippen LogP contribution in [0.2, 0.25) is 0 Å². The van der Waals surface area contributed by atoms with Crippen molar-refractivity contribution >= 4 is 17.3 Å². The van der Waals surface area contributed by atoms with E-state index in [1.807, 2.05) is 13.8 Å². The van der Waals surface area contributed by atoms with Gasteiger partial charge in [0, 0.05) is 29.0 Å². The molecule has 0 heterocycles. The number of carbonyl (C=O) groups excluding carboxylic acids is 3. The summed E-state index contributed by atoms with van der Waals surface area (Å²) in [6, 6.07) is 0.963. The van der Waals surface area contributed by atoms with E-state index in [4.69, 9.17) is 0 Å². The van der Waals surface area contributed by atoms with E-state index in [0.717, 1.165) is 6.07 Å². The standard InChI is InChI=1S/C25H34O7/c1-11(2)9-13(17-21(30)24(5,6)23(32)25(7,8)22(17)31)16-14(26)10-15(27)18(20(16)29)19(28)12(3)4/h10-13,26-27,29-30H,9H2,1-8H3/t13-/m0/s1. The minimum Gasteiger partial charge on any atom is -0.511 e. The third-order valence-electron chi connectivity index (χ3n) is 6.27. The van der Waals surface area contributed by atoms with Gasteiger partial charge in [-0.2, -0.15) is 0 Å². The number of phenolic OH excluding ortho intramolecular Hbond substituents is 3. The van der Waals surface area contributed by atoms with E-state index in [0.29, 0.717) is 0 Å². The van der Waals surface area contributed by atoms with Crippen molar-refractivity contribution in [3.05, 3.63) is 28.5 Å². The fourth-order valence-corrected chi connectivity index (χ4v) is 4.48. The van der Waals surface area contributed by atoms with Crippen molar-refractivity contribution < 1.29 is 34.8 Å². The Morgan fingerprint density at radius 1 is 0.906 bits per heavy atom. The monoisotopic (exact) mass is 446 g/mol. The molecular formula is C25H34O7. The molecule has 0 aromatic heterocycles. The van der Waals surface area contributed by atoms with Crippen LogP contribution in [0.1, 0.15) is 83.7 Å². The number of allylic oxidation sites excluding steroid dienone is 2. The normalized spacial score (nSPS) is 19.1. The number of benzene rings is 1. The summed E-state index contributed by atoms with van der Waals surface area (Å²) in [7, 11) is 0. The molecule has 2 rings (SSSR count). The zero-order valence-corrected chi connectivity index (χ0v) is 20.0. The first-order chi connectivity index (χ1) is 14.5. The zero-order chi connectivity index (χ0) is 24.9. The summed E-state index contributed by atoms with van der Waals surface area (Å²) in [6.07, 6.45) is 0.229.